The average molecular weight is 347 g/mol. The second-order valence-electron chi connectivity index (χ2n) is 6.21. The lowest BCUT2D eigenvalue weighted by atomic mass is 10.0. The molecule has 24 heavy (non-hydrogen) atoms. The third-order valence-electron chi connectivity index (χ3n) is 4.41. The van der Waals surface area contributed by atoms with Crippen LogP contribution >= 0.6 is 11.3 Å². The second-order valence-corrected chi connectivity index (χ2v) is 7.15. The van der Waals surface area contributed by atoms with Gasteiger partial charge in [-0.2, -0.15) is 0 Å². The molecule has 1 aliphatic rings. The lowest BCUT2D eigenvalue weighted by Crippen LogP contribution is -2.35. The molecule has 1 saturated carbocycles. The molecular formula is C18H18FNO3S. The molecule has 1 heterocycles. The second kappa shape index (κ2) is 6.36. The van der Waals surface area contributed by atoms with E-state index in [-0.39, 0.29) is 17.7 Å². The van der Waals surface area contributed by atoms with Crippen LogP contribution in [-0.2, 0) is 9.59 Å². The zero-order valence-electron chi connectivity index (χ0n) is 13.4. The quantitative estimate of drug-likeness (QED) is 0.869. The zero-order chi connectivity index (χ0) is 17.4. The molecule has 0 aliphatic heterocycles. The van der Waals surface area contributed by atoms with Crippen molar-refractivity contribution < 1.29 is 19.1 Å². The SMILES string of the molecule is Cc1cc(C(NC(=O)C2CC2c2sccc2C)C(=O)O)ccc1F. The summed E-state index contributed by atoms with van der Waals surface area (Å²) in [4.78, 5) is 25.1. The first-order valence-electron chi connectivity index (χ1n) is 7.71. The third-order valence-corrected chi connectivity index (χ3v) is 5.57. The van der Waals surface area contributed by atoms with E-state index >= 15 is 0 Å². The van der Waals surface area contributed by atoms with Gasteiger partial charge in [0.25, 0.3) is 0 Å². The Morgan fingerprint density at radius 1 is 1.29 bits per heavy atom. The Hall–Kier alpha value is -2.21. The number of aryl methyl sites for hydroxylation is 2. The summed E-state index contributed by atoms with van der Waals surface area (Å²) in [7, 11) is 0. The van der Waals surface area contributed by atoms with Crippen molar-refractivity contribution in [3.63, 3.8) is 0 Å². The number of carboxylic acid groups (broad SMARTS) is 1. The molecular weight excluding hydrogens is 329 g/mol. The van der Waals surface area contributed by atoms with Crippen molar-refractivity contribution in [3.8, 4) is 0 Å². The number of thiophene rings is 1. The third kappa shape index (κ3) is 3.19. The van der Waals surface area contributed by atoms with Crippen LogP contribution in [0.1, 0.15) is 39.9 Å². The minimum atomic E-state index is -1.16. The molecule has 2 aromatic rings. The Balaban J connectivity index is 1.73. The predicted octanol–water partition coefficient (Wildman–Crippen LogP) is 3.55. The first kappa shape index (κ1) is 16.6. The lowest BCUT2D eigenvalue weighted by molar-refractivity contribution is -0.142. The molecule has 3 atom stereocenters. The fourth-order valence-corrected chi connectivity index (χ4v) is 4.03. The monoisotopic (exact) mass is 347 g/mol. The minimum absolute atomic E-state index is 0.175. The Bertz CT molecular complexity index is 801. The smallest absolute Gasteiger partial charge is 0.330 e. The molecule has 0 spiro atoms. The maximum absolute atomic E-state index is 13.4. The maximum atomic E-state index is 13.4. The topological polar surface area (TPSA) is 66.4 Å². The molecule has 0 saturated heterocycles. The molecule has 3 rings (SSSR count). The summed E-state index contributed by atoms with van der Waals surface area (Å²) in [5, 5.41) is 14.0. The van der Waals surface area contributed by atoms with Gasteiger partial charge in [0.05, 0.1) is 0 Å². The van der Waals surface area contributed by atoms with Crippen LogP contribution in [0.4, 0.5) is 4.39 Å². The van der Waals surface area contributed by atoms with Gasteiger partial charge in [-0.15, -0.1) is 11.3 Å². The number of amides is 1. The van der Waals surface area contributed by atoms with Crippen LogP contribution in [0.3, 0.4) is 0 Å². The highest BCUT2D eigenvalue weighted by atomic mass is 32.1. The van der Waals surface area contributed by atoms with Crippen molar-refractivity contribution in [1.82, 2.24) is 5.32 Å². The van der Waals surface area contributed by atoms with E-state index in [1.807, 2.05) is 18.4 Å². The van der Waals surface area contributed by atoms with E-state index in [0.29, 0.717) is 11.1 Å². The fraction of sp³-hybridized carbons (Fsp3) is 0.333. The van der Waals surface area contributed by atoms with Crippen LogP contribution in [0, 0.1) is 25.6 Å². The highest BCUT2D eigenvalue weighted by molar-refractivity contribution is 7.10. The summed E-state index contributed by atoms with van der Waals surface area (Å²) in [6.07, 6.45) is 0.738. The number of nitrogens with one attached hydrogen (secondary N) is 1. The van der Waals surface area contributed by atoms with Gasteiger partial charge in [0, 0.05) is 16.7 Å². The van der Waals surface area contributed by atoms with Crippen LogP contribution in [0.2, 0.25) is 0 Å². The largest absolute Gasteiger partial charge is 0.479 e. The Labute approximate surface area is 143 Å². The van der Waals surface area contributed by atoms with Crippen molar-refractivity contribution in [2.75, 3.05) is 0 Å². The van der Waals surface area contributed by atoms with Gasteiger partial charge in [-0.1, -0.05) is 12.1 Å². The van der Waals surface area contributed by atoms with Crippen molar-refractivity contribution in [1.29, 1.82) is 0 Å². The van der Waals surface area contributed by atoms with Gasteiger partial charge >= 0.3 is 5.97 Å². The molecule has 1 aromatic carbocycles. The Kier molecular flexibility index (Phi) is 4.41. The highest BCUT2D eigenvalue weighted by Gasteiger charge is 2.46. The van der Waals surface area contributed by atoms with E-state index in [1.165, 1.54) is 28.6 Å². The number of aliphatic carboxylic acids is 1. The van der Waals surface area contributed by atoms with E-state index in [2.05, 4.69) is 5.32 Å². The molecule has 6 heteroatoms. The Morgan fingerprint density at radius 2 is 2.04 bits per heavy atom. The number of rotatable bonds is 5. The van der Waals surface area contributed by atoms with E-state index in [9.17, 15) is 19.1 Å². The van der Waals surface area contributed by atoms with Gasteiger partial charge in [-0.3, -0.25) is 4.79 Å². The number of carbonyl (C=O) groups excluding carboxylic acids is 1. The van der Waals surface area contributed by atoms with Crippen molar-refractivity contribution >= 4 is 23.2 Å². The summed E-state index contributed by atoms with van der Waals surface area (Å²) in [6, 6.07) is 4.94. The summed E-state index contributed by atoms with van der Waals surface area (Å²) in [6.45, 7) is 3.58. The number of benzene rings is 1. The first-order chi connectivity index (χ1) is 11.4. The molecule has 1 aliphatic carbocycles. The van der Waals surface area contributed by atoms with Gasteiger partial charge in [-0.25, -0.2) is 9.18 Å². The van der Waals surface area contributed by atoms with Crippen LogP contribution in [0.5, 0.6) is 0 Å². The minimum Gasteiger partial charge on any atom is -0.479 e. The van der Waals surface area contributed by atoms with Crippen LogP contribution < -0.4 is 5.32 Å². The van der Waals surface area contributed by atoms with E-state index < -0.39 is 17.8 Å². The standard InChI is InChI=1S/C18H18FNO3S/c1-9-5-6-24-16(9)12-8-13(12)17(21)20-15(18(22)23)11-3-4-14(19)10(2)7-11/h3-7,12-13,15H,8H2,1-2H3,(H,20,21)(H,22,23). The number of hydrogen-bond donors (Lipinski definition) is 2. The fourth-order valence-electron chi connectivity index (χ4n) is 2.92. The average Bonchev–Trinajstić information content (AvgIpc) is 3.21. The van der Waals surface area contributed by atoms with E-state index in [4.69, 9.17) is 0 Å². The number of hydrogen-bond acceptors (Lipinski definition) is 3. The first-order valence-corrected chi connectivity index (χ1v) is 8.59. The van der Waals surface area contributed by atoms with Gasteiger partial charge in [0.2, 0.25) is 5.91 Å². The zero-order valence-corrected chi connectivity index (χ0v) is 14.2. The van der Waals surface area contributed by atoms with Crippen LogP contribution in [0.15, 0.2) is 29.6 Å². The Morgan fingerprint density at radius 3 is 2.62 bits per heavy atom. The number of carbonyl (C=O) groups is 2. The molecule has 126 valence electrons. The summed E-state index contributed by atoms with van der Waals surface area (Å²) in [5.41, 5.74) is 1.90. The molecule has 0 bridgehead atoms. The van der Waals surface area contributed by atoms with E-state index in [1.54, 1.807) is 18.3 Å². The normalized spacial score (nSPS) is 20.5. The van der Waals surface area contributed by atoms with Gasteiger partial charge in [0.15, 0.2) is 6.04 Å². The van der Waals surface area contributed by atoms with Crippen molar-refractivity contribution in [2.45, 2.75) is 32.2 Å². The molecule has 4 nitrogen and oxygen atoms in total. The van der Waals surface area contributed by atoms with Gasteiger partial charge in [0.1, 0.15) is 5.82 Å². The molecule has 1 aromatic heterocycles. The molecule has 3 unspecified atom stereocenters. The molecule has 1 amide bonds. The lowest BCUT2D eigenvalue weighted by Gasteiger charge is -2.16. The van der Waals surface area contributed by atoms with Crippen LogP contribution in [0.25, 0.3) is 0 Å². The summed E-state index contributed by atoms with van der Waals surface area (Å²) in [5.74, 6) is -1.83. The van der Waals surface area contributed by atoms with Crippen LogP contribution in [-0.4, -0.2) is 17.0 Å². The molecule has 2 N–H and O–H groups in total. The number of halogens is 1. The molecule has 1 fully saturated rings. The summed E-state index contributed by atoms with van der Waals surface area (Å²) < 4.78 is 13.4. The summed E-state index contributed by atoms with van der Waals surface area (Å²) >= 11 is 1.63. The highest BCUT2D eigenvalue weighted by Crippen LogP contribution is 2.50. The van der Waals surface area contributed by atoms with Gasteiger partial charge < -0.3 is 10.4 Å². The maximum Gasteiger partial charge on any atom is 0.330 e. The predicted molar refractivity (Wildman–Crippen MR) is 89.6 cm³/mol. The van der Waals surface area contributed by atoms with E-state index in [0.717, 1.165) is 6.42 Å². The number of carboxylic acids is 1. The van der Waals surface area contributed by atoms with Crippen molar-refractivity contribution in [3.05, 3.63) is 57.0 Å². The van der Waals surface area contributed by atoms with Crippen molar-refractivity contribution in [2.24, 2.45) is 5.92 Å². The molecule has 0 radical (unpaired) electrons. The van der Waals surface area contributed by atoms with Gasteiger partial charge in [-0.05, 0) is 54.5 Å².